The molecule has 0 aliphatic heterocycles. The Bertz CT molecular complexity index is 1100. The van der Waals surface area contributed by atoms with E-state index in [0.29, 0.717) is 22.5 Å². The molecule has 0 saturated heterocycles. The minimum absolute atomic E-state index is 0.000933. The minimum atomic E-state index is -1.03. The van der Waals surface area contributed by atoms with Gasteiger partial charge < -0.3 is 24.7 Å². The Hall–Kier alpha value is -3.25. The van der Waals surface area contributed by atoms with Gasteiger partial charge in [0.05, 0.1) is 19.7 Å². The van der Waals surface area contributed by atoms with Crippen LogP contribution in [0.3, 0.4) is 0 Å². The number of nitrogens with one attached hydrogen (secondary N) is 1. The average Bonchev–Trinajstić information content (AvgIpc) is 3.05. The van der Waals surface area contributed by atoms with E-state index in [-0.39, 0.29) is 5.75 Å². The smallest absolute Gasteiger partial charge is 0.142 e. The van der Waals surface area contributed by atoms with E-state index in [0.717, 1.165) is 22.0 Å². The van der Waals surface area contributed by atoms with Crippen LogP contribution >= 0.6 is 0 Å². The number of aromatic amines is 1. The van der Waals surface area contributed by atoms with Gasteiger partial charge in [-0.3, -0.25) is 0 Å². The first kappa shape index (κ1) is 16.2. The highest BCUT2D eigenvalue weighted by atomic mass is 16.5. The molecule has 6 heteroatoms. The van der Waals surface area contributed by atoms with Crippen molar-refractivity contribution >= 4 is 21.9 Å². The normalized spacial score (nSPS) is 12.4. The second kappa shape index (κ2) is 6.24. The molecule has 0 spiro atoms. The Morgan fingerprint density at radius 3 is 2.65 bits per heavy atom. The van der Waals surface area contributed by atoms with Crippen LogP contribution in [0.15, 0.2) is 48.7 Å². The van der Waals surface area contributed by atoms with Crippen LogP contribution in [-0.2, 0) is 0 Å². The van der Waals surface area contributed by atoms with Crippen LogP contribution in [0.25, 0.3) is 21.9 Å². The monoisotopic (exact) mass is 350 g/mol. The van der Waals surface area contributed by atoms with Crippen LogP contribution in [0.4, 0.5) is 0 Å². The lowest BCUT2D eigenvalue weighted by molar-refractivity contribution is 0.214. The van der Waals surface area contributed by atoms with E-state index in [1.165, 1.54) is 13.2 Å². The summed E-state index contributed by atoms with van der Waals surface area (Å²) in [6, 6.07) is 12.4. The molecule has 132 valence electrons. The fourth-order valence-electron chi connectivity index (χ4n) is 3.17. The fourth-order valence-corrected chi connectivity index (χ4v) is 3.17. The van der Waals surface area contributed by atoms with E-state index in [4.69, 9.17) is 9.47 Å². The number of aromatic hydroxyl groups is 1. The lowest BCUT2D eigenvalue weighted by atomic mass is 10.0. The van der Waals surface area contributed by atoms with Gasteiger partial charge in [-0.1, -0.05) is 12.1 Å². The van der Waals surface area contributed by atoms with Crippen molar-refractivity contribution in [3.63, 3.8) is 0 Å². The lowest BCUT2D eigenvalue weighted by Gasteiger charge is -2.14. The molecular formula is C20H18N2O4. The molecule has 2 aromatic heterocycles. The number of para-hydroxylation sites is 1. The molecule has 0 aliphatic carbocycles. The summed E-state index contributed by atoms with van der Waals surface area (Å²) < 4.78 is 10.6. The summed E-state index contributed by atoms with van der Waals surface area (Å²) in [5, 5.41) is 22.7. The first-order valence-corrected chi connectivity index (χ1v) is 8.11. The molecule has 3 N–H and O–H groups in total. The van der Waals surface area contributed by atoms with E-state index < -0.39 is 6.10 Å². The van der Waals surface area contributed by atoms with Gasteiger partial charge in [0, 0.05) is 28.1 Å². The minimum Gasteiger partial charge on any atom is -0.508 e. The number of methoxy groups -OCH3 is 2. The molecule has 0 bridgehead atoms. The number of ether oxygens (including phenoxy) is 2. The molecule has 6 nitrogen and oxygen atoms in total. The summed E-state index contributed by atoms with van der Waals surface area (Å²) in [7, 11) is 3.16. The van der Waals surface area contributed by atoms with Crippen molar-refractivity contribution in [1.82, 2.24) is 9.97 Å². The second-order valence-corrected chi connectivity index (χ2v) is 6.00. The summed E-state index contributed by atoms with van der Waals surface area (Å²) >= 11 is 0. The summed E-state index contributed by atoms with van der Waals surface area (Å²) in [5.74, 6) is 1.29. The third-order valence-electron chi connectivity index (χ3n) is 4.53. The van der Waals surface area contributed by atoms with Crippen LogP contribution in [0.2, 0.25) is 0 Å². The molecular weight excluding hydrogens is 332 g/mol. The van der Waals surface area contributed by atoms with Crippen molar-refractivity contribution in [1.29, 1.82) is 0 Å². The van der Waals surface area contributed by atoms with Gasteiger partial charge in [-0.15, -0.1) is 0 Å². The predicted molar refractivity (Wildman–Crippen MR) is 98.9 cm³/mol. The van der Waals surface area contributed by atoms with E-state index in [1.54, 1.807) is 25.4 Å². The summed E-state index contributed by atoms with van der Waals surface area (Å²) in [6.45, 7) is 0. The fraction of sp³-hybridized carbons (Fsp3) is 0.150. The number of H-pyrrole nitrogens is 1. The van der Waals surface area contributed by atoms with Gasteiger partial charge >= 0.3 is 0 Å². The third-order valence-corrected chi connectivity index (χ3v) is 4.53. The first-order valence-electron chi connectivity index (χ1n) is 8.11. The van der Waals surface area contributed by atoms with Gasteiger partial charge in [0.1, 0.15) is 29.0 Å². The zero-order chi connectivity index (χ0) is 18.3. The average molecular weight is 350 g/mol. The second-order valence-electron chi connectivity index (χ2n) is 6.00. The third kappa shape index (κ3) is 2.51. The molecule has 4 aromatic rings. The zero-order valence-electron chi connectivity index (χ0n) is 14.4. The maximum Gasteiger partial charge on any atom is 0.142 e. The molecule has 0 fully saturated rings. The summed E-state index contributed by atoms with van der Waals surface area (Å²) in [6.07, 6.45) is 0.561. The number of fused-ring (bicyclic) bond motifs is 3. The quantitative estimate of drug-likeness (QED) is 0.524. The topological polar surface area (TPSA) is 87.6 Å². The number of phenolic OH excluding ortho intramolecular Hbond substituents is 1. The summed E-state index contributed by atoms with van der Waals surface area (Å²) in [5.41, 5.74) is 2.50. The van der Waals surface area contributed by atoms with Gasteiger partial charge in [0.15, 0.2) is 0 Å². The van der Waals surface area contributed by atoms with E-state index >= 15 is 0 Å². The highest BCUT2D eigenvalue weighted by Crippen LogP contribution is 2.35. The van der Waals surface area contributed by atoms with Crippen LogP contribution < -0.4 is 9.47 Å². The van der Waals surface area contributed by atoms with Crippen molar-refractivity contribution < 1.29 is 19.7 Å². The highest BCUT2D eigenvalue weighted by molar-refractivity contribution is 6.08. The highest BCUT2D eigenvalue weighted by Gasteiger charge is 2.18. The number of nitrogens with zero attached hydrogens (tertiary/aromatic N) is 1. The number of aliphatic hydroxyl groups excluding tert-OH is 1. The first-order chi connectivity index (χ1) is 12.6. The van der Waals surface area contributed by atoms with Gasteiger partial charge in [0.2, 0.25) is 0 Å². The predicted octanol–water partition coefficient (Wildman–Crippen LogP) is 3.52. The number of rotatable bonds is 4. The number of aliphatic hydroxyl groups is 1. The number of pyridine rings is 1. The zero-order valence-corrected chi connectivity index (χ0v) is 14.4. The van der Waals surface area contributed by atoms with E-state index in [2.05, 4.69) is 9.97 Å². The Morgan fingerprint density at radius 1 is 1.04 bits per heavy atom. The number of hydrogen-bond donors (Lipinski definition) is 3. The molecule has 1 unspecified atom stereocenters. The van der Waals surface area contributed by atoms with Crippen molar-refractivity contribution in [2.24, 2.45) is 0 Å². The summed E-state index contributed by atoms with van der Waals surface area (Å²) in [4.78, 5) is 7.67. The maximum absolute atomic E-state index is 10.8. The molecule has 2 heterocycles. The van der Waals surface area contributed by atoms with Crippen LogP contribution in [0.1, 0.15) is 17.2 Å². The van der Waals surface area contributed by atoms with Crippen molar-refractivity contribution in [2.45, 2.75) is 6.10 Å². The van der Waals surface area contributed by atoms with Crippen LogP contribution in [0.5, 0.6) is 17.2 Å². The molecule has 26 heavy (non-hydrogen) atoms. The Labute approximate surface area is 149 Å². The molecule has 4 rings (SSSR count). The number of benzene rings is 2. The van der Waals surface area contributed by atoms with Gasteiger partial charge in [-0.25, -0.2) is 4.98 Å². The maximum atomic E-state index is 10.8. The van der Waals surface area contributed by atoms with E-state index in [9.17, 15) is 10.2 Å². The van der Waals surface area contributed by atoms with Gasteiger partial charge in [0.25, 0.3) is 0 Å². The Balaban J connectivity index is 1.86. The molecule has 1 atom stereocenters. The van der Waals surface area contributed by atoms with Crippen molar-refractivity contribution in [3.05, 3.63) is 59.8 Å². The Morgan fingerprint density at radius 2 is 1.88 bits per heavy atom. The van der Waals surface area contributed by atoms with Gasteiger partial charge in [-0.05, 0) is 30.3 Å². The number of hydrogen-bond acceptors (Lipinski definition) is 5. The molecule has 0 aliphatic rings. The van der Waals surface area contributed by atoms with Crippen LogP contribution in [-0.4, -0.2) is 34.4 Å². The van der Waals surface area contributed by atoms with Crippen molar-refractivity contribution in [3.8, 4) is 17.2 Å². The molecule has 0 saturated carbocycles. The van der Waals surface area contributed by atoms with Crippen molar-refractivity contribution in [2.75, 3.05) is 14.2 Å². The lowest BCUT2D eigenvalue weighted by Crippen LogP contribution is -2.01. The molecule has 2 aromatic carbocycles. The largest absolute Gasteiger partial charge is 0.508 e. The van der Waals surface area contributed by atoms with E-state index in [1.807, 2.05) is 24.3 Å². The number of phenols is 1. The molecule has 0 amide bonds. The SMILES string of the molecule is COc1ccc(O)c(C(O)c2cnc3[nH]c4c(OC)cccc4c3c2)c1. The Kier molecular flexibility index (Phi) is 3.89. The standard InChI is InChI=1S/C20H18N2O4/c1-25-12-6-7-16(23)15(9-12)19(24)11-8-14-13-4-3-5-17(26-2)18(13)22-20(14)21-10-11/h3-10,19,23-24H,1-2H3,(H,21,22). The number of aromatic nitrogens is 2. The van der Waals surface area contributed by atoms with Crippen LogP contribution in [0, 0.1) is 0 Å². The van der Waals surface area contributed by atoms with Gasteiger partial charge in [-0.2, -0.15) is 0 Å². The molecule has 0 radical (unpaired) electrons.